The maximum Gasteiger partial charge on any atom is 0.222 e. The third-order valence-electron chi connectivity index (χ3n) is 10.3. The number of aromatic nitrogens is 1. The normalized spacial score (nSPS) is 45.4. The van der Waals surface area contributed by atoms with Crippen LogP contribution in [0.1, 0.15) is 89.5 Å². The van der Waals surface area contributed by atoms with Crippen LogP contribution in [0.3, 0.4) is 0 Å². The Bertz CT molecular complexity index is 763. The van der Waals surface area contributed by atoms with Gasteiger partial charge in [-0.3, -0.25) is 4.79 Å². The Labute approximate surface area is 180 Å². The molecule has 0 radical (unpaired) electrons. The number of piperidine rings is 1. The molecule has 4 aliphatic rings. The van der Waals surface area contributed by atoms with E-state index in [2.05, 4.69) is 43.1 Å². The number of nitrogens with zero attached hydrogens (tertiary/aromatic N) is 2. The monoisotopic (exact) mass is 414 g/mol. The van der Waals surface area contributed by atoms with Crippen LogP contribution in [-0.4, -0.2) is 28.9 Å². The highest BCUT2D eigenvalue weighted by molar-refractivity contribution is 7.09. The van der Waals surface area contributed by atoms with Crippen molar-refractivity contribution in [2.75, 3.05) is 7.05 Å². The summed E-state index contributed by atoms with van der Waals surface area (Å²) in [5.41, 5.74) is 0.867. The Morgan fingerprint density at radius 1 is 1.14 bits per heavy atom. The number of fused-ring (bicyclic) bond motifs is 5. The largest absolute Gasteiger partial charge is 0.342 e. The Morgan fingerprint density at radius 2 is 1.93 bits per heavy atom. The fourth-order valence-electron chi connectivity index (χ4n) is 8.65. The lowest BCUT2D eigenvalue weighted by Gasteiger charge is -2.62. The minimum atomic E-state index is 0.346. The van der Waals surface area contributed by atoms with Crippen LogP contribution in [0, 0.1) is 34.5 Å². The van der Waals surface area contributed by atoms with Crippen molar-refractivity contribution in [2.24, 2.45) is 34.5 Å². The van der Waals surface area contributed by atoms with Gasteiger partial charge in [-0.2, -0.15) is 0 Å². The summed E-state index contributed by atoms with van der Waals surface area (Å²) in [5, 5.41) is 3.45. The van der Waals surface area contributed by atoms with E-state index in [0.29, 0.717) is 28.7 Å². The Hall–Kier alpha value is -0.900. The van der Waals surface area contributed by atoms with E-state index >= 15 is 0 Å². The summed E-state index contributed by atoms with van der Waals surface area (Å²) in [7, 11) is 2.07. The second kappa shape index (κ2) is 7.07. The van der Waals surface area contributed by atoms with Gasteiger partial charge in [-0.1, -0.05) is 20.8 Å². The van der Waals surface area contributed by atoms with Gasteiger partial charge in [0.2, 0.25) is 5.91 Å². The van der Waals surface area contributed by atoms with E-state index in [4.69, 9.17) is 0 Å². The lowest BCUT2D eigenvalue weighted by atomic mass is 9.46. The molecule has 5 rings (SSSR count). The lowest BCUT2D eigenvalue weighted by molar-refractivity contribution is -0.158. The standard InChI is InChI=1S/C25H38N2OS/c1-16(23-26-13-14-29-23)15-17-5-7-19-18-6-8-21-25(3,12-10-22(28)27(21)4)20(18)9-11-24(17,19)2/h13-14,16-21H,5-12,15H2,1-4H3/t16?,17-,18+,19+,20+,21?,24-,25-/m1/s1. The summed E-state index contributed by atoms with van der Waals surface area (Å²) < 4.78 is 0. The van der Waals surface area contributed by atoms with Gasteiger partial charge in [0.15, 0.2) is 0 Å². The molecule has 1 amide bonds. The van der Waals surface area contributed by atoms with Crippen molar-refractivity contribution in [3.8, 4) is 0 Å². The van der Waals surface area contributed by atoms with E-state index in [0.717, 1.165) is 36.5 Å². The van der Waals surface area contributed by atoms with E-state index in [1.807, 2.05) is 17.5 Å². The molecule has 2 unspecified atom stereocenters. The number of amides is 1. The van der Waals surface area contributed by atoms with Crippen LogP contribution in [0.25, 0.3) is 0 Å². The molecular formula is C25H38N2OS. The van der Waals surface area contributed by atoms with Gasteiger partial charge in [0.05, 0.1) is 5.01 Å². The first kappa shape index (κ1) is 20.0. The molecule has 4 heteroatoms. The number of rotatable bonds is 3. The quantitative estimate of drug-likeness (QED) is 0.597. The molecule has 1 aromatic heterocycles. The smallest absolute Gasteiger partial charge is 0.222 e. The minimum absolute atomic E-state index is 0.346. The minimum Gasteiger partial charge on any atom is -0.342 e. The summed E-state index contributed by atoms with van der Waals surface area (Å²) in [4.78, 5) is 19.1. The molecule has 3 nitrogen and oxygen atoms in total. The Balaban J connectivity index is 1.35. The first-order valence-corrected chi connectivity index (χ1v) is 12.9. The van der Waals surface area contributed by atoms with Gasteiger partial charge in [0.1, 0.15) is 0 Å². The maximum absolute atomic E-state index is 12.3. The fraction of sp³-hybridized carbons (Fsp3) is 0.840. The maximum atomic E-state index is 12.3. The zero-order valence-electron chi connectivity index (χ0n) is 18.7. The van der Waals surface area contributed by atoms with Crippen molar-refractivity contribution >= 4 is 17.2 Å². The molecule has 1 saturated heterocycles. The van der Waals surface area contributed by atoms with E-state index < -0.39 is 0 Å². The zero-order chi connectivity index (χ0) is 20.4. The average Bonchev–Trinajstić information content (AvgIpc) is 3.34. The van der Waals surface area contributed by atoms with Crippen LogP contribution >= 0.6 is 11.3 Å². The van der Waals surface area contributed by atoms with Gasteiger partial charge in [-0.25, -0.2) is 4.98 Å². The first-order valence-electron chi connectivity index (χ1n) is 12.0. The third kappa shape index (κ3) is 2.95. The van der Waals surface area contributed by atoms with Crippen LogP contribution < -0.4 is 0 Å². The van der Waals surface area contributed by atoms with Crippen molar-refractivity contribution in [1.29, 1.82) is 0 Å². The van der Waals surface area contributed by atoms with Crippen molar-refractivity contribution < 1.29 is 4.79 Å². The summed E-state index contributed by atoms with van der Waals surface area (Å²) >= 11 is 1.83. The van der Waals surface area contributed by atoms with Crippen molar-refractivity contribution in [3.63, 3.8) is 0 Å². The molecule has 8 atom stereocenters. The number of likely N-dealkylation sites (tertiary alicyclic amines) is 1. The van der Waals surface area contributed by atoms with Crippen LogP contribution in [0.2, 0.25) is 0 Å². The highest BCUT2D eigenvalue weighted by Gasteiger charge is 2.61. The highest BCUT2D eigenvalue weighted by atomic mass is 32.1. The molecule has 0 bridgehead atoms. The first-order chi connectivity index (χ1) is 13.8. The topological polar surface area (TPSA) is 33.2 Å². The predicted octanol–water partition coefficient (Wildman–Crippen LogP) is 6.12. The van der Waals surface area contributed by atoms with Crippen molar-refractivity contribution in [3.05, 3.63) is 16.6 Å². The molecule has 1 aliphatic heterocycles. The SMILES string of the molecule is CC(C[C@H]1CC[C@H]2[C@@H]3CCC4N(C)C(=O)CC[C@]4(C)[C@H]3CC[C@]12C)c1nccs1. The number of hydrogen-bond acceptors (Lipinski definition) is 3. The number of carbonyl (C=O) groups is 1. The van der Waals surface area contributed by atoms with Crippen LogP contribution in [0.15, 0.2) is 11.6 Å². The van der Waals surface area contributed by atoms with Gasteiger partial charge < -0.3 is 4.90 Å². The van der Waals surface area contributed by atoms with E-state index in [1.165, 1.54) is 50.0 Å². The summed E-state index contributed by atoms with van der Waals surface area (Å²) in [6.45, 7) is 7.57. The molecule has 29 heavy (non-hydrogen) atoms. The molecule has 4 fully saturated rings. The average molecular weight is 415 g/mol. The molecule has 2 heterocycles. The zero-order valence-corrected chi connectivity index (χ0v) is 19.5. The van der Waals surface area contributed by atoms with Crippen LogP contribution in [0.4, 0.5) is 0 Å². The van der Waals surface area contributed by atoms with Crippen LogP contribution in [-0.2, 0) is 4.79 Å². The van der Waals surface area contributed by atoms with Gasteiger partial charge in [0.25, 0.3) is 0 Å². The summed E-state index contributed by atoms with van der Waals surface area (Å²) in [6, 6.07) is 0.483. The molecule has 0 spiro atoms. The Morgan fingerprint density at radius 3 is 2.69 bits per heavy atom. The van der Waals surface area contributed by atoms with E-state index in [1.54, 1.807) is 0 Å². The summed E-state index contributed by atoms with van der Waals surface area (Å²) in [5.74, 6) is 4.44. The van der Waals surface area contributed by atoms with Gasteiger partial charge in [-0.05, 0) is 85.9 Å². The number of thiazole rings is 1. The second-order valence-corrected chi connectivity index (χ2v) is 12.2. The summed E-state index contributed by atoms with van der Waals surface area (Å²) in [6.07, 6.45) is 13.4. The fourth-order valence-corrected chi connectivity index (χ4v) is 9.36. The second-order valence-electron chi connectivity index (χ2n) is 11.3. The molecular weight excluding hydrogens is 376 g/mol. The molecule has 160 valence electrons. The van der Waals surface area contributed by atoms with Gasteiger partial charge in [-0.15, -0.1) is 11.3 Å². The molecule has 0 N–H and O–H groups in total. The van der Waals surface area contributed by atoms with E-state index in [-0.39, 0.29) is 0 Å². The molecule has 0 aromatic carbocycles. The Kier molecular flexibility index (Phi) is 4.88. The van der Waals surface area contributed by atoms with Crippen LogP contribution in [0.5, 0.6) is 0 Å². The number of carbonyl (C=O) groups excluding carboxylic acids is 1. The lowest BCUT2D eigenvalue weighted by Crippen LogP contribution is -2.61. The molecule has 1 aromatic rings. The van der Waals surface area contributed by atoms with E-state index in [9.17, 15) is 4.79 Å². The third-order valence-corrected chi connectivity index (χ3v) is 11.3. The van der Waals surface area contributed by atoms with Crippen molar-refractivity contribution in [2.45, 2.75) is 90.5 Å². The van der Waals surface area contributed by atoms with Crippen molar-refractivity contribution in [1.82, 2.24) is 9.88 Å². The highest BCUT2D eigenvalue weighted by Crippen LogP contribution is 2.67. The molecule has 3 saturated carbocycles. The van der Waals surface area contributed by atoms with Gasteiger partial charge >= 0.3 is 0 Å². The number of hydrogen-bond donors (Lipinski definition) is 0. The van der Waals surface area contributed by atoms with Gasteiger partial charge in [0, 0.05) is 37.0 Å². The predicted molar refractivity (Wildman–Crippen MR) is 119 cm³/mol. The molecule has 3 aliphatic carbocycles.